The lowest BCUT2D eigenvalue weighted by Crippen LogP contribution is -2.28. The Morgan fingerprint density at radius 2 is 1.56 bits per heavy atom. The molecule has 136 valence electrons. The fraction of sp³-hybridized carbons (Fsp3) is 0.208. The lowest BCUT2D eigenvalue weighted by Gasteiger charge is -2.18. The Labute approximate surface area is 159 Å². The smallest absolute Gasteiger partial charge is 0.226 e. The zero-order valence-corrected chi connectivity index (χ0v) is 15.3. The molecule has 2 atom stereocenters. The first kappa shape index (κ1) is 17.5. The van der Waals surface area contributed by atoms with Gasteiger partial charge >= 0.3 is 0 Å². The van der Waals surface area contributed by atoms with E-state index in [0.29, 0.717) is 6.54 Å². The van der Waals surface area contributed by atoms with Gasteiger partial charge in [-0.1, -0.05) is 66.7 Å². The van der Waals surface area contributed by atoms with Crippen molar-refractivity contribution in [1.82, 2.24) is 4.90 Å². The van der Waals surface area contributed by atoms with Crippen LogP contribution in [0.1, 0.15) is 23.5 Å². The third-order valence-corrected chi connectivity index (χ3v) is 5.26. The standard InChI is InChI=1S/C24H22FNO/c1-26(24(27)23-15-22(23)20-11-13-21(25)14-12-20)16-17-7-9-19(10-8-17)18-5-3-2-4-6-18/h2-14,22-23H,15-16H2,1H3. The Balaban J connectivity index is 1.37. The maximum atomic E-state index is 13.1. The first-order valence-corrected chi connectivity index (χ1v) is 9.26. The van der Waals surface area contributed by atoms with Gasteiger partial charge in [-0.05, 0) is 46.7 Å². The molecule has 0 radical (unpaired) electrons. The predicted molar refractivity (Wildman–Crippen MR) is 106 cm³/mol. The summed E-state index contributed by atoms with van der Waals surface area (Å²) in [6.07, 6.45) is 0.849. The molecule has 0 bridgehead atoms. The highest BCUT2D eigenvalue weighted by molar-refractivity contribution is 5.82. The average molecular weight is 359 g/mol. The van der Waals surface area contributed by atoms with E-state index < -0.39 is 0 Å². The van der Waals surface area contributed by atoms with Crippen LogP contribution in [0, 0.1) is 11.7 Å². The summed E-state index contributed by atoms with van der Waals surface area (Å²) in [6, 6.07) is 25.1. The summed E-state index contributed by atoms with van der Waals surface area (Å²) in [5, 5.41) is 0. The van der Waals surface area contributed by atoms with Crippen molar-refractivity contribution in [3.8, 4) is 11.1 Å². The van der Waals surface area contributed by atoms with Crippen LogP contribution in [0.5, 0.6) is 0 Å². The van der Waals surface area contributed by atoms with Crippen molar-refractivity contribution in [1.29, 1.82) is 0 Å². The van der Waals surface area contributed by atoms with E-state index in [4.69, 9.17) is 0 Å². The van der Waals surface area contributed by atoms with Crippen molar-refractivity contribution in [3.05, 3.63) is 95.8 Å². The Morgan fingerprint density at radius 3 is 2.22 bits per heavy atom. The second kappa shape index (κ2) is 7.36. The highest BCUT2D eigenvalue weighted by Crippen LogP contribution is 2.48. The van der Waals surface area contributed by atoms with Gasteiger partial charge in [0.2, 0.25) is 5.91 Å². The lowest BCUT2D eigenvalue weighted by atomic mass is 10.0. The Kier molecular flexibility index (Phi) is 4.76. The summed E-state index contributed by atoms with van der Waals surface area (Å²) < 4.78 is 13.1. The number of nitrogens with zero attached hydrogens (tertiary/aromatic N) is 1. The van der Waals surface area contributed by atoms with Gasteiger partial charge in [-0.15, -0.1) is 0 Å². The summed E-state index contributed by atoms with van der Waals surface area (Å²) in [5.74, 6) is 0.167. The van der Waals surface area contributed by atoms with Crippen LogP contribution in [0.15, 0.2) is 78.9 Å². The zero-order valence-electron chi connectivity index (χ0n) is 15.3. The topological polar surface area (TPSA) is 20.3 Å². The molecule has 1 amide bonds. The second-order valence-electron chi connectivity index (χ2n) is 7.26. The van der Waals surface area contributed by atoms with Gasteiger partial charge in [-0.3, -0.25) is 4.79 Å². The van der Waals surface area contributed by atoms with Crippen LogP contribution < -0.4 is 0 Å². The molecule has 1 saturated carbocycles. The number of hydrogen-bond donors (Lipinski definition) is 0. The number of carbonyl (C=O) groups is 1. The summed E-state index contributed by atoms with van der Waals surface area (Å²) in [5.41, 5.74) is 4.53. The molecule has 2 nitrogen and oxygen atoms in total. The summed E-state index contributed by atoms with van der Waals surface area (Å²) in [7, 11) is 1.85. The number of carbonyl (C=O) groups excluding carboxylic acids is 1. The maximum absolute atomic E-state index is 13.1. The van der Waals surface area contributed by atoms with Crippen LogP contribution >= 0.6 is 0 Å². The molecule has 3 aromatic rings. The van der Waals surface area contributed by atoms with Crippen LogP contribution in [0.25, 0.3) is 11.1 Å². The van der Waals surface area contributed by atoms with E-state index in [1.807, 2.05) is 25.2 Å². The molecule has 0 aromatic heterocycles. The van der Waals surface area contributed by atoms with Gasteiger partial charge in [0.05, 0.1) is 0 Å². The fourth-order valence-corrected chi connectivity index (χ4v) is 3.61. The van der Waals surface area contributed by atoms with Gasteiger partial charge in [-0.2, -0.15) is 0 Å². The molecule has 1 aliphatic rings. The molecule has 27 heavy (non-hydrogen) atoms. The monoisotopic (exact) mass is 359 g/mol. The highest BCUT2D eigenvalue weighted by atomic mass is 19.1. The first-order valence-electron chi connectivity index (χ1n) is 9.26. The van der Waals surface area contributed by atoms with Crippen molar-refractivity contribution < 1.29 is 9.18 Å². The molecule has 2 unspecified atom stereocenters. The van der Waals surface area contributed by atoms with Crippen LogP contribution in [0.4, 0.5) is 4.39 Å². The van der Waals surface area contributed by atoms with Crippen molar-refractivity contribution in [2.24, 2.45) is 5.92 Å². The van der Waals surface area contributed by atoms with E-state index in [2.05, 4.69) is 36.4 Å². The SMILES string of the molecule is CN(Cc1ccc(-c2ccccc2)cc1)C(=O)C1CC1c1ccc(F)cc1. The second-order valence-corrected chi connectivity index (χ2v) is 7.26. The lowest BCUT2D eigenvalue weighted by molar-refractivity contribution is -0.131. The number of benzene rings is 3. The van der Waals surface area contributed by atoms with E-state index in [1.54, 1.807) is 17.0 Å². The maximum Gasteiger partial charge on any atom is 0.226 e. The third-order valence-electron chi connectivity index (χ3n) is 5.26. The van der Waals surface area contributed by atoms with E-state index >= 15 is 0 Å². The van der Waals surface area contributed by atoms with Gasteiger partial charge in [-0.25, -0.2) is 4.39 Å². The van der Waals surface area contributed by atoms with Crippen molar-refractivity contribution in [3.63, 3.8) is 0 Å². The summed E-state index contributed by atoms with van der Waals surface area (Å²) >= 11 is 0. The fourth-order valence-electron chi connectivity index (χ4n) is 3.61. The van der Waals surface area contributed by atoms with E-state index in [9.17, 15) is 9.18 Å². The highest BCUT2D eigenvalue weighted by Gasteiger charge is 2.45. The molecule has 0 aliphatic heterocycles. The number of rotatable bonds is 5. The number of hydrogen-bond acceptors (Lipinski definition) is 1. The van der Waals surface area contributed by atoms with E-state index in [-0.39, 0.29) is 23.6 Å². The van der Waals surface area contributed by atoms with Gasteiger partial charge < -0.3 is 4.90 Å². The minimum absolute atomic E-state index is 0.0176. The quantitative estimate of drug-likeness (QED) is 0.609. The first-order chi connectivity index (χ1) is 13.1. The summed E-state index contributed by atoms with van der Waals surface area (Å²) in [4.78, 5) is 14.5. The summed E-state index contributed by atoms with van der Waals surface area (Å²) in [6.45, 7) is 0.598. The van der Waals surface area contributed by atoms with Crippen molar-refractivity contribution in [2.75, 3.05) is 7.05 Å². The van der Waals surface area contributed by atoms with Crippen LogP contribution in [-0.2, 0) is 11.3 Å². The molecule has 0 heterocycles. The predicted octanol–water partition coefficient (Wildman–Crippen LogP) is 5.25. The Morgan fingerprint density at radius 1 is 0.926 bits per heavy atom. The van der Waals surface area contributed by atoms with Gasteiger partial charge in [0, 0.05) is 19.5 Å². The Bertz CT molecular complexity index is 919. The molecular formula is C24H22FNO. The molecular weight excluding hydrogens is 337 g/mol. The molecule has 1 aliphatic carbocycles. The minimum atomic E-state index is -0.238. The zero-order chi connectivity index (χ0) is 18.8. The molecule has 0 N–H and O–H groups in total. The largest absolute Gasteiger partial charge is 0.341 e. The van der Waals surface area contributed by atoms with E-state index in [1.165, 1.54) is 23.3 Å². The Hall–Kier alpha value is -2.94. The van der Waals surface area contributed by atoms with Crippen molar-refractivity contribution >= 4 is 5.91 Å². The number of halogens is 1. The molecule has 0 saturated heterocycles. The number of amides is 1. The minimum Gasteiger partial charge on any atom is -0.341 e. The van der Waals surface area contributed by atoms with Crippen molar-refractivity contribution in [2.45, 2.75) is 18.9 Å². The van der Waals surface area contributed by atoms with E-state index in [0.717, 1.165) is 17.5 Å². The average Bonchev–Trinajstić information content (AvgIpc) is 3.50. The van der Waals surface area contributed by atoms with Gasteiger partial charge in [0.25, 0.3) is 0 Å². The van der Waals surface area contributed by atoms with Crippen LogP contribution in [0.3, 0.4) is 0 Å². The van der Waals surface area contributed by atoms with Gasteiger partial charge in [0.15, 0.2) is 0 Å². The van der Waals surface area contributed by atoms with Gasteiger partial charge in [0.1, 0.15) is 5.82 Å². The van der Waals surface area contributed by atoms with Crippen LogP contribution in [-0.4, -0.2) is 17.9 Å². The normalized spacial score (nSPS) is 18.1. The molecule has 0 spiro atoms. The molecule has 1 fully saturated rings. The molecule has 3 aromatic carbocycles. The molecule has 3 heteroatoms. The molecule has 4 rings (SSSR count). The third kappa shape index (κ3) is 3.92. The van der Waals surface area contributed by atoms with Crippen LogP contribution in [0.2, 0.25) is 0 Å².